The van der Waals surface area contributed by atoms with E-state index in [0.29, 0.717) is 11.5 Å². The van der Waals surface area contributed by atoms with E-state index >= 15 is 0 Å². The van der Waals surface area contributed by atoms with Crippen molar-refractivity contribution >= 4 is 5.82 Å². The lowest BCUT2D eigenvalue weighted by Gasteiger charge is -2.38. The molecule has 0 saturated carbocycles. The quantitative estimate of drug-likeness (QED) is 0.765. The summed E-state index contributed by atoms with van der Waals surface area (Å²) in [6.45, 7) is 5.33. The number of nitrogens with one attached hydrogen (secondary N) is 1. The van der Waals surface area contributed by atoms with Gasteiger partial charge in [-0.3, -0.25) is 15.0 Å². The number of benzene rings is 1. The van der Waals surface area contributed by atoms with Gasteiger partial charge in [-0.1, -0.05) is 0 Å². The number of H-pyrrole nitrogens is 1. The van der Waals surface area contributed by atoms with Crippen LogP contribution in [-0.2, 0) is 0 Å². The number of aromatic nitrogens is 4. The fourth-order valence-electron chi connectivity index (χ4n) is 3.45. The summed E-state index contributed by atoms with van der Waals surface area (Å²) in [5.74, 6) is -0.619. The van der Waals surface area contributed by atoms with E-state index in [1.54, 1.807) is 6.20 Å². The van der Waals surface area contributed by atoms with Crippen molar-refractivity contribution < 1.29 is 8.78 Å². The molecule has 3 heterocycles. The standard InChI is InChI=1S/C19H20F2N6/c1-13(14-11-24-25-12-14)26-6-8-27(9-7-26)19-18(22-4-5-23-19)16-3-2-15(20)10-17(16)21/h2-5,10-13H,6-9H2,1H3,(H,24,25). The van der Waals surface area contributed by atoms with Crippen molar-refractivity contribution in [2.75, 3.05) is 31.1 Å². The third-order valence-corrected chi connectivity index (χ3v) is 5.03. The van der Waals surface area contributed by atoms with Crippen LogP contribution in [0, 0.1) is 11.6 Å². The van der Waals surface area contributed by atoms with Crippen LogP contribution in [-0.4, -0.2) is 51.2 Å². The summed E-state index contributed by atoms with van der Waals surface area (Å²) in [5.41, 5.74) is 1.84. The molecule has 1 aliphatic rings. The first kappa shape index (κ1) is 17.5. The van der Waals surface area contributed by atoms with Crippen LogP contribution < -0.4 is 4.90 Å². The molecule has 2 aromatic heterocycles. The smallest absolute Gasteiger partial charge is 0.155 e. The minimum atomic E-state index is -0.635. The number of piperazine rings is 1. The summed E-state index contributed by atoms with van der Waals surface area (Å²) in [7, 11) is 0. The lowest BCUT2D eigenvalue weighted by molar-refractivity contribution is 0.198. The Morgan fingerprint density at radius 2 is 1.85 bits per heavy atom. The van der Waals surface area contributed by atoms with Gasteiger partial charge >= 0.3 is 0 Å². The summed E-state index contributed by atoms with van der Waals surface area (Å²) in [6, 6.07) is 3.79. The Bertz CT molecular complexity index is 906. The van der Waals surface area contributed by atoms with Crippen LogP contribution in [0.2, 0.25) is 0 Å². The third-order valence-electron chi connectivity index (χ3n) is 5.03. The number of aromatic amines is 1. The molecule has 0 spiro atoms. The lowest BCUT2D eigenvalue weighted by Crippen LogP contribution is -2.47. The van der Waals surface area contributed by atoms with E-state index in [1.165, 1.54) is 18.3 Å². The molecule has 1 unspecified atom stereocenters. The van der Waals surface area contributed by atoms with Gasteiger partial charge in [-0.2, -0.15) is 5.10 Å². The predicted molar refractivity (Wildman–Crippen MR) is 98.2 cm³/mol. The van der Waals surface area contributed by atoms with E-state index in [2.05, 4.69) is 36.9 Å². The zero-order valence-electron chi connectivity index (χ0n) is 14.9. The van der Waals surface area contributed by atoms with E-state index in [-0.39, 0.29) is 11.6 Å². The van der Waals surface area contributed by atoms with E-state index in [0.717, 1.165) is 37.8 Å². The molecule has 1 aliphatic heterocycles. The zero-order chi connectivity index (χ0) is 18.8. The summed E-state index contributed by atoms with van der Waals surface area (Å²) < 4.78 is 27.5. The maximum atomic E-state index is 14.3. The van der Waals surface area contributed by atoms with Crippen LogP contribution in [0.15, 0.2) is 43.0 Å². The minimum Gasteiger partial charge on any atom is -0.352 e. The molecule has 6 nitrogen and oxygen atoms in total. The minimum absolute atomic E-state index is 0.258. The van der Waals surface area contributed by atoms with Crippen LogP contribution >= 0.6 is 0 Å². The Balaban J connectivity index is 1.54. The van der Waals surface area contributed by atoms with E-state index in [4.69, 9.17) is 0 Å². The second kappa shape index (κ2) is 7.40. The van der Waals surface area contributed by atoms with Crippen LogP contribution in [0.3, 0.4) is 0 Å². The predicted octanol–water partition coefficient (Wildman–Crippen LogP) is 3.03. The second-order valence-corrected chi connectivity index (χ2v) is 6.58. The molecule has 8 heteroatoms. The van der Waals surface area contributed by atoms with Crippen LogP contribution in [0.5, 0.6) is 0 Å². The van der Waals surface area contributed by atoms with Gasteiger partial charge in [-0.25, -0.2) is 13.8 Å². The van der Waals surface area contributed by atoms with Crippen LogP contribution in [0.25, 0.3) is 11.3 Å². The molecule has 1 fully saturated rings. The van der Waals surface area contributed by atoms with Gasteiger partial charge in [0.25, 0.3) is 0 Å². The number of rotatable bonds is 4. The number of hydrogen-bond acceptors (Lipinski definition) is 5. The zero-order valence-corrected chi connectivity index (χ0v) is 14.9. The summed E-state index contributed by atoms with van der Waals surface area (Å²) in [5, 5.41) is 6.87. The molecule has 1 atom stereocenters. The first-order valence-electron chi connectivity index (χ1n) is 8.87. The molecule has 0 amide bonds. The fraction of sp³-hybridized carbons (Fsp3) is 0.316. The molecule has 0 aliphatic carbocycles. The number of anilines is 1. The third kappa shape index (κ3) is 3.52. The van der Waals surface area contributed by atoms with Crippen molar-refractivity contribution in [1.82, 2.24) is 25.1 Å². The molecule has 1 saturated heterocycles. The molecule has 1 N–H and O–H groups in total. The summed E-state index contributed by atoms with van der Waals surface area (Å²) >= 11 is 0. The van der Waals surface area contributed by atoms with Crippen molar-refractivity contribution in [2.24, 2.45) is 0 Å². The number of nitrogens with zero attached hydrogens (tertiary/aromatic N) is 5. The molecule has 3 aromatic rings. The molecule has 4 rings (SSSR count). The topological polar surface area (TPSA) is 60.9 Å². The van der Waals surface area contributed by atoms with Gasteiger partial charge < -0.3 is 4.90 Å². The average molecular weight is 370 g/mol. The Morgan fingerprint density at radius 1 is 1.07 bits per heavy atom. The van der Waals surface area contributed by atoms with E-state index in [9.17, 15) is 8.78 Å². The molecule has 0 radical (unpaired) electrons. The molecule has 140 valence electrons. The highest BCUT2D eigenvalue weighted by Gasteiger charge is 2.25. The lowest BCUT2D eigenvalue weighted by atomic mass is 10.1. The van der Waals surface area contributed by atoms with E-state index < -0.39 is 11.6 Å². The number of halogens is 2. The molecular formula is C19H20F2N6. The highest BCUT2D eigenvalue weighted by Crippen LogP contribution is 2.30. The van der Waals surface area contributed by atoms with Crippen molar-refractivity contribution in [2.45, 2.75) is 13.0 Å². The Kier molecular flexibility index (Phi) is 4.81. The van der Waals surface area contributed by atoms with Gasteiger partial charge in [0, 0.05) is 68.0 Å². The normalized spacial score (nSPS) is 16.5. The van der Waals surface area contributed by atoms with Gasteiger partial charge in [0.05, 0.1) is 6.20 Å². The highest BCUT2D eigenvalue weighted by molar-refractivity contribution is 5.72. The largest absolute Gasteiger partial charge is 0.352 e. The highest BCUT2D eigenvalue weighted by atomic mass is 19.1. The maximum absolute atomic E-state index is 14.3. The van der Waals surface area contributed by atoms with Crippen molar-refractivity contribution in [3.05, 3.63) is 60.2 Å². The first-order valence-corrected chi connectivity index (χ1v) is 8.87. The summed E-state index contributed by atoms with van der Waals surface area (Å²) in [4.78, 5) is 13.2. The van der Waals surface area contributed by atoms with Gasteiger partial charge in [0.1, 0.15) is 17.3 Å². The van der Waals surface area contributed by atoms with Gasteiger partial charge in [-0.15, -0.1) is 0 Å². The second-order valence-electron chi connectivity index (χ2n) is 6.58. The fourth-order valence-corrected chi connectivity index (χ4v) is 3.45. The molecule has 27 heavy (non-hydrogen) atoms. The molecule has 0 bridgehead atoms. The maximum Gasteiger partial charge on any atom is 0.155 e. The van der Waals surface area contributed by atoms with Gasteiger partial charge in [0.15, 0.2) is 5.82 Å². The summed E-state index contributed by atoms with van der Waals surface area (Å²) in [6.07, 6.45) is 6.88. The Morgan fingerprint density at radius 3 is 2.56 bits per heavy atom. The Labute approximate surface area is 155 Å². The van der Waals surface area contributed by atoms with Crippen molar-refractivity contribution in [3.63, 3.8) is 0 Å². The number of hydrogen-bond donors (Lipinski definition) is 1. The monoisotopic (exact) mass is 370 g/mol. The average Bonchev–Trinajstić information content (AvgIpc) is 3.23. The van der Waals surface area contributed by atoms with E-state index in [1.807, 2.05) is 12.4 Å². The Hall–Kier alpha value is -2.87. The first-order chi connectivity index (χ1) is 13.1. The SMILES string of the molecule is CC(c1cn[nH]c1)N1CCN(c2nccnc2-c2ccc(F)cc2F)CC1. The van der Waals surface area contributed by atoms with Gasteiger partial charge in [0.2, 0.25) is 0 Å². The van der Waals surface area contributed by atoms with Crippen molar-refractivity contribution in [3.8, 4) is 11.3 Å². The molecule has 1 aromatic carbocycles. The van der Waals surface area contributed by atoms with Crippen molar-refractivity contribution in [1.29, 1.82) is 0 Å². The van der Waals surface area contributed by atoms with Crippen LogP contribution in [0.1, 0.15) is 18.5 Å². The van der Waals surface area contributed by atoms with Gasteiger partial charge in [-0.05, 0) is 19.1 Å². The van der Waals surface area contributed by atoms with Crippen LogP contribution in [0.4, 0.5) is 14.6 Å². The molecular weight excluding hydrogens is 350 g/mol.